The van der Waals surface area contributed by atoms with Crippen molar-refractivity contribution in [1.29, 1.82) is 0 Å². The summed E-state index contributed by atoms with van der Waals surface area (Å²) in [5.41, 5.74) is 4.93. The van der Waals surface area contributed by atoms with Gasteiger partial charge in [0.25, 0.3) is 10.1 Å². The van der Waals surface area contributed by atoms with Crippen LogP contribution in [0.2, 0.25) is 0 Å². The normalized spacial score (nSPS) is 19.0. The molecule has 1 aliphatic rings. The molecule has 0 aliphatic heterocycles. The molecular weight excluding hydrogens is 318 g/mol. The van der Waals surface area contributed by atoms with Crippen LogP contribution in [0.4, 0.5) is 0 Å². The van der Waals surface area contributed by atoms with Gasteiger partial charge in [-0.05, 0) is 18.4 Å². The first-order valence-corrected chi connectivity index (χ1v) is 9.53. The largest absolute Gasteiger partial charge is 0.458 e. The molecule has 0 saturated heterocycles. The number of rotatable bonds is 6. The van der Waals surface area contributed by atoms with Crippen molar-refractivity contribution in [2.24, 2.45) is 11.7 Å². The smallest absolute Gasteiger partial charge is 0.355 e. The topological polar surface area (TPSA) is 95.7 Å². The van der Waals surface area contributed by atoms with Gasteiger partial charge in [0.05, 0.1) is 6.26 Å². The van der Waals surface area contributed by atoms with Crippen LogP contribution in [0.5, 0.6) is 0 Å². The second kappa shape index (κ2) is 7.42. The third-order valence-electron chi connectivity index (χ3n) is 4.03. The second-order valence-corrected chi connectivity index (χ2v) is 7.55. The molecule has 2 rings (SSSR count). The third-order valence-corrected chi connectivity index (χ3v) is 4.61. The van der Waals surface area contributed by atoms with Crippen molar-refractivity contribution in [3.63, 3.8) is 0 Å². The summed E-state index contributed by atoms with van der Waals surface area (Å²) in [6, 6.07) is 9.13. The molecule has 1 atom stereocenters. The average Bonchev–Trinajstić information content (AvgIpc) is 2.52. The van der Waals surface area contributed by atoms with Crippen LogP contribution in [0.3, 0.4) is 0 Å². The first kappa shape index (κ1) is 17.9. The molecule has 0 unspecified atom stereocenters. The van der Waals surface area contributed by atoms with Gasteiger partial charge < -0.3 is 4.74 Å². The zero-order valence-electron chi connectivity index (χ0n) is 13.2. The summed E-state index contributed by atoms with van der Waals surface area (Å²) in [5, 5.41) is 0. The molecule has 1 saturated carbocycles. The summed E-state index contributed by atoms with van der Waals surface area (Å²) < 4.78 is 33.3. The van der Waals surface area contributed by atoms with Gasteiger partial charge in [0, 0.05) is 5.92 Å². The maximum atomic E-state index is 12.5. The Hall–Kier alpha value is -1.44. The van der Waals surface area contributed by atoms with Crippen molar-refractivity contribution >= 4 is 16.1 Å². The number of ether oxygens (including phenoxy) is 1. The number of hydrogen-bond acceptors (Lipinski definition) is 6. The molecular formula is C16H23NO5S. The van der Waals surface area contributed by atoms with Crippen LogP contribution < -0.4 is 5.73 Å². The van der Waals surface area contributed by atoms with E-state index in [1.54, 1.807) is 0 Å². The maximum Gasteiger partial charge on any atom is 0.355 e. The molecule has 23 heavy (non-hydrogen) atoms. The highest BCUT2D eigenvalue weighted by atomic mass is 32.2. The first-order chi connectivity index (χ1) is 10.8. The summed E-state index contributed by atoms with van der Waals surface area (Å²) in [6.45, 7) is 0.0263. The van der Waals surface area contributed by atoms with Gasteiger partial charge in [0.2, 0.25) is 5.72 Å². The van der Waals surface area contributed by atoms with Crippen molar-refractivity contribution in [1.82, 2.24) is 0 Å². The van der Waals surface area contributed by atoms with Crippen molar-refractivity contribution in [3.8, 4) is 0 Å². The number of nitrogens with two attached hydrogens (primary N) is 1. The minimum atomic E-state index is -3.88. The minimum Gasteiger partial charge on any atom is -0.458 e. The predicted octanol–water partition coefficient (Wildman–Crippen LogP) is 1.94. The fourth-order valence-corrected chi connectivity index (χ4v) is 3.59. The van der Waals surface area contributed by atoms with E-state index in [-0.39, 0.29) is 12.5 Å². The molecule has 6 nitrogen and oxygen atoms in total. The van der Waals surface area contributed by atoms with Crippen molar-refractivity contribution in [3.05, 3.63) is 35.9 Å². The Balaban J connectivity index is 2.13. The van der Waals surface area contributed by atoms with E-state index in [0.29, 0.717) is 12.8 Å². The number of benzene rings is 1. The molecule has 0 amide bonds. The van der Waals surface area contributed by atoms with E-state index in [1.165, 1.54) is 0 Å². The van der Waals surface area contributed by atoms with E-state index in [1.807, 2.05) is 30.3 Å². The zero-order valence-corrected chi connectivity index (χ0v) is 14.1. The highest BCUT2D eigenvalue weighted by molar-refractivity contribution is 7.86. The summed E-state index contributed by atoms with van der Waals surface area (Å²) in [6.07, 6.45) is 5.01. The molecule has 0 aromatic heterocycles. The molecule has 1 fully saturated rings. The predicted molar refractivity (Wildman–Crippen MR) is 85.7 cm³/mol. The lowest BCUT2D eigenvalue weighted by molar-refractivity contribution is -0.169. The Kier molecular flexibility index (Phi) is 5.78. The van der Waals surface area contributed by atoms with E-state index in [2.05, 4.69) is 0 Å². The summed E-state index contributed by atoms with van der Waals surface area (Å²) in [5.74, 6) is -1.20. The Labute approximate surface area is 137 Å². The van der Waals surface area contributed by atoms with E-state index in [0.717, 1.165) is 31.1 Å². The summed E-state index contributed by atoms with van der Waals surface area (Å²) in [4.78, 5) is 12.5. The number of carbonyl (C=O) groups is 1. The number of carbonyl (C=O) groups excluding carboxylic acids is 1. The highest BCUT2D eigenvalue weighted by Crippen LogP contribution is 2.34. The van der Waals surface area contributed by atoms with Gasteiger partial charge in [-0.2, -0.15) is 8.42 Å². The lowest BCUT2D eigenvalue weighted by Gasteiger charge is -2.35. The molecule has 0 bridgehead atoms. The van der Waals surface area contributed by atoms with Gasteiger partial charge in [0.15, 0.2) is 0 Å². The van der Waals surface area contributed by atoms with Crippen molar-refractivity contribution in [2.75, 3.05) is 6.26 Å². The Morgan fingerprint density at radius 3 is 2.39 bits per heavy atom. The fraction of sp³-hybridized carbons (Fsp3) is 0.562. The van der Waals surface area contributed by atoms with Crippen molar-refractivity contribution < 1.29 is 22.1 Å². The molecule has 0 radical (unpaired) electrons. The molecule has 0 spiro atoms. The molecule has 1 aliphatic carbocycles. The number of esters is 1. The summed E-state index contributed by atoms with van der Waals surface area (Å²) in [7, 11) is -3.88. The Morgan fingerprint density at radius 1 is 1.22 bits per heavy atom. The van der Waals surface area contributed by atoms with Gasteiger partial charge in [-0.3, -0.25) is 5.73 Å². The van der Waals surface area contributed by atoms with Gasteiger partial charge in [-0.15, -0.1) is 0 Å². The van der Waals surface area contributed by atoms with Crippen LogP contribution >= 0.6 is 0 Å². The fourth-order valence-electron chi connectivity index (χ4n) is 2.89. The second-order valence-electron chi connectivity index (χ2n) is 5.98. The molecule has 0 heterocycles. The maximum absolute atomic E-state index is 12.5. The van der Waals surface area contributed by atoms with E-state index < -0.39 is 21.8 Å². The van der Waals surface area contributed by atoms with Crippen LogP contribution in [0.15, 0.2) is 30.3 Å². The first-order valence-electron chi connectivity index (χ1n) is 7.72. The Morgan fingerprint density at radius 2 is 1.83 bits per heavy atom. The Bertz CT molecular complexity index is 625. The van der Waals surface area contributed by atoms with Gasteiger partial charge in [0.1, 0.15) is 6.61 Å². The minimum absolute atomic E-state index is 0.0263. The zero-order chi connectivity index (χ0) is 16.9. The monoisotopic (exact) mass is 341 g/mol. The molecule has 7 heteroatoms. The molecule has 1 aromatic rings. The molecule has 128 valence electrons. The number of hydrogen-bond donors (Lipinski definition) is 1. The highest BCUT2D eigenvalue weighted by Gasteiger charge is 2.48. The van der Waals surface area contributed by atoms with E-state index >= 15 is 0 Å². The summed E-state index contributed by atoms with van der Waals surface area (Å²) >= 11 is 0. The van der Waals surface area contributed by atoms with Crippen LogP contribution in [-0.4, -0.2) is 26.4 Å². The van der Waals surface area contributed by atoms with Gasteiger partial charge >= 0.3 is 5.97 Å². The quantitative estimate of drug-likeness (QED) is 0.483. The third kappa shape index (κ3) is 5.02. The molecule has 2 N–H and O–H groups in total. The van der Waals surface area contributed by atoms with Crippen LogP contribution in [0.1, 0.15) is 37.7 Å². The molecule has 1 aromatic carbocycles. The van der Waals surface area contributed by atoms with Gasteiger partial charge in [-0.25, -0.2) is 8.98 Å². The van der Waals surface area contributed by atoms with Gasteiger partial charge in [-0.1, -0.05) is 49.6 Å². The van der Waals surface area contributed by atoms with E-state index in [9.17, 15) is 13.2 Å². The lowest BCUT2D eigenvalue weighted by Crippen LogP contribution is -2.58. The average molecular weight is 341 g/mol. The standard InChI is InChI=1S/C16H23NO5S/c1-23(19,20)22-16(17,14-10-6-3-7-11-14)15(18)21-12-13-8-4-2-5-9-13/h2,4-5,8-9,14H,3,6-7,10-12,17H2,1H3/t16-/m1/s1. The van der Waals surface area contributed by atoms with Crippen LogP contribution in [0.25, 0.3) is 0 Å². The van der Waals surface area contributed by atoms with Crippen LogP contribution in [0, 0.1) is 5.92 Å². The van der Waals surface area contributed by atoms with Crippen molar-refractivity contribution in [2.45, 2.75) is 44.4 Å². The van der Waals surface area contributed by atoms with Crippen LogP contribution in [-0.2, 0) is 30.4 Å². The lowest BCUT2D eigenvalue weighted by atomic mass is 9.82. The SMILES string of the molecule is CS(=O)(=O)O[C@@](N)(C(=O)OCc1ccccc1)C1CCCCC1. The van der Waals surface area contributed by atoms with E-state index in [4.69, 9.17) is 14.7 Å².